The van der Waals surface area contributed by atoms with Crippen molar-refractivity contribution in [2.45, 2.75) is 52.1 Å². The third kappa shape index (κ3) is 3.19. The summed E-state index contributed by atoms with van der Waals surface area (Å²) in [4.78, 5) is 38.3. The van der Waals surface area contributed by atoms with Crippen molar-refractivity contribution in [1.29, 1.82) is 0 Å². The van der Waals surface area contributed by atoms with Crippen LogP contribution in [0.25, 0.3) is 10.9 Å². The van der Waals surface area contributed by atoms with Crippen LogP contribution < -0.4 is 4.90 Å². The third-order valence-corrected chi connectivity index (χ3v) is 6.17. The number of carbonyl (C=O) groups is 2. The lowest BCUT2D eigenvalue weighted by molar-refractivity contribution is -0.123. The molecule has 0 saturated carbocycles. The maximum atomic E-state index is 13.3. The SMILES string of the molecule is CC(C)(C)c1csc(N2C(=O)N(Cc3ccnc4ccccc34)C(C)(C)C2=O)n1. The van der Waals surface area contributed by atoms with Gasteiger partial charge in [-0.15, -0.1) is 11.3 Å². The number of hydrogen-bond acceptors (Lipinski definition) is 5. The van der Waals surface area contributed by atoms with Gasteiger partial charge in [-0.25, -0.2) is 14.7 Å². The Balaban J connectivity index is 1.71. The minimum Gasteiger partial charge on any atom is -0.305 e. The number of nitrogens with zero attached hydrogens (tertiary/aromatic N) is 4. The fourth-order valence-electron chi connectivity index (χ4n) is 3.44. The first-order valence-electron chi connectivity index (χ1n) is 9.55. The molecule has 2 aromatic heterocycles. The Labute approximate surface area is 174 Å². The summed E-state index contributed by atoms with van der Waals surface area (Å²) >= 11 is 1.33. The second-order valence-electron chi connectivity index (χ2n) is 8.82. The van der Waals surface area contributed by atoms with E-state index in [-0.39, 0.29) is 17.4 Å². The van der Waals surface area contributed by atoms with Crippen molar-refractivity contribution >= 4 is 39.3 Å². The average Bonchev–Trinajstić information content (AvgIpc) is 3.21. The van der Waals surface area contributed by atoms with Gasteiger partial charge >= 0.3 is 6.03 Å². The molecule has 150 valence electrons. The quantitative estimate of drug-likeness (QED) is 0.587. The number of benzene rings is 1. The van der Waals surface area contributed by atoms with E-state index in [0.717, 1.165) is 22.2 Å². The van der Waals surface area contributed by atoms with Gasteiger partial charge in [-0.3, -0.25) is 9.78 Å². The van der Waals surface area contributed by atoms with E-state index in [4.69, 9.17) is 0 Å². The molecule has 0 aliphatic carbocycles. The van der Waals surface area contributed by atoms with Gasteiger partial charge in [-0.2, -0.15) is 0 Å². The molecule has 1 saturated heterocycles. The standard InChI is InChI=1S/C22H24N4O2S/c1-21(2,3)17-13-29-19(24-17)26-18(27)22(4,5)25(20(26)28)12-14-10-11-23-16-9-7-6-8-15(14)16/h6-11,13H,12H2,1-5H3. The normalized spacial score (nSPS) is 16.9. The molecule has 0 unspecified atom stereocenters. The van der Waals surface area contributed by atoms with Crippen LogP contribution in [0.4, 0.5) is 9.93 Å². The van der Waals surface area contributed by atoms with Gasteiger partial charge in [0.25, 0.3) is 5.91 Å². The Morgan fingerprint density at radius 1 is 1.10 bits per heavy atom. The summed E-state index contributed by atoms with van der Waals surface area (Å²) in [7, 11) is 0. The van der Waals surface area contributed by atoms with Gasteiger partial charge in [-0.1, -0.05) is 39.0 Å². The van der Waals surface area contributed by atoms with Crippen molar-refractivity contribution < 1.29 is 9.59 Å². The number of aromatic nitrogens is 2. The molecule has 0 bridgehead atoms. The molecule has 0 N–H and O–H groups in total. The number of anilines is 1. The summed E-state index contributed by atoms with van der Waals surface area (Å²) in [6, 6.07) is 9.38. The van der Waals surface area contributed by atoms with Crippen LogP contribution in [0.5, 0.6) is 0 Å². The lowest BCUT2D eigenvalue weighted by Gasteiger charge is -2.28. The van der Waals surface area contributed by atoms with Crippen LogP contribution in [-0.2, 0) is 16.8 Å². The monoisotopic (exact) mass is 408 g/mol. The maximum absolute atomic E-state index is 13.3. The summed E-state index contributed by atoms with van der Waals surface area (Å²) < 4.78 is 0. The van der Waals surface area contributed by atoms with Crippen LogP contribution in [0, 0.1) is 0 Å². The lowest BCUT2D eigenvalue weighted by atomic mass is 9.93. The highest BCUT2D eigenvalue weighted by Gasteiger charge is 2.52. The number of amides is 3. The summed E-state index contributed by atoms with van der Waals surface area (Å²) in [5.74, 6) is -0.254. The molecule has 1 aliphatic rings. The maximum Gasteiger partial charge on any atom is 0.334 e. The molecule has 1 aromatic carbocycles. The molecule has 6 nitrogen and oxygen atoms in total. The van der Waals surface area contributed by atoms with Gasteiger partial charge in [0.2, 0.25) is 5.13 Å². The van der Waals surface area contributed by atoms with Crippen LogP contribution in [-0.4, -0.2) is 32.3 Å². The number of hydrogen-bond donors (Lipinski definition) is 0. The first kappa shape index (κ1) is 19.5. The number of pyridine rings is 1. The summed E-state index contributed by atoms with van der Waals surface area (Å²) in [5.41, 5.74) is 1.59. The van der Waals surface area contributed by atoms with Gasteiger partial charge < -0.3 is 4.90 Å². The average molecular weight is 409 g/mol. The molecule has 7 heteroatoms. The van der Waals surface area contributed by atoms with E-state index in [1.54, 1.807) is 24.9 Å². The van der Waals surface area contributed by atoms with E-state index >= 15 is 0 Å². The number of rotatable bonds is 3. The molecule has 29 heavy (non-hydrogen) atoms. The van der Waals surface area contributed by atoms with Crippen molar-refractivity contribution in [2.24, 2.45) is 0 Å². The largest absolute Gasteiger partial charge is 0.334 e. The van der Waals surface area contributed by atoms with Crippen molar-refractivity contribution in [1.82, 2.24) is 14.9 Å². The van der Waals surface area contributed by atoms with E-state index in [2.05, 4.69) is 30.7 Å². The van der Waals surface area contributed by atoms with E-state index in [1.165, 1.54) is 16.2 Å². The van der Waals surface area contributed by atoms with Gasteiger partial charge in [0, 0.05) is 28.9 Å². The molecule has 3 amide bonds. The van der Waals surface area contributed by atoms with E-state index in [0.29, 0.717) is 11.7 Å². The minimum absolute atomic E-state index is 0.147. The highest BCUT2D eigenvalue weighted by molar-refractivity contribution is 7.14. The Hall–Kier alpha value is -2.80. The molecule has 0 spiro atoms. The number of imide groups is 1. The van der Waals surface area contributed by atoms with E-state index in [9.17, 15) is 9.59 Å². The smallest absolute Gasteiger partial charge is 0.305 e. The van der Waals surface area contributed by atoms with Crippen LogP contribution in [0.15, 0.2) is 41.9 Å². The first-order valence-corrected chi connectivity index (χ1v) is 10.4. The van der Waals surface area contributed by atoms with Gasteiger partial charge in [0.15, 0.2) is 0 Å². The van der Waals surface area contributed by atoms with Gasteiger partial charge in [-0.05, 0) is 31.5 Å². The topological polar surface area (TPSA) is 66.4 Å². The highest BCUT2D eigenvalue weighted by Crippen LogP contribution is 2.37. The molecule has 4 rings (SSSR count). The molecule has 3 aromatic rings. The summed E-state index contributed by atoms with van der Waals surface area (Å²) in [5, 5.41) is 3.33. The van der Waals surface area contributed by atoms with Gasteiger partial charge in [0.1, 0.15) is 5.54 Å². The van der Waals surface area contributed by atoms with Crippen LogP contribution in [0.1, 0.15) is 45.9 Å². The van der Waals surface area contributed by atoms with Crippen molar-refractivity contribution in [3.8, 4) is 0 Å². The second kappa shape index (κ2) is 6.62. The molecule has 0 atom stereocenters. The van der Waals surface area contributed by atoms with Crippen LogP contribution >= 0.6 is 11.3 Å². The summed E-state index contributed by atoms with van der Waals surface area (Å²) in [6.07, 6.45) is 1.74. The Morgan fingerprint density at radius 3 is 2.52 bits per heavy atom. The number of para-hydroxylation sites is 1. The molecular weight excluding hydrogens is 384 g/mol. The Kier molecular flexibility index (Phi) is 4.46. The highest BCUT2D eigenvalue weighted by atomic mass is 32.1. The molecule has 1 fully saturated rings. The third-order valence-electron chi connectivity index (χ3n) is 5.34. The number of fused-ring (bicyclic) bond motifs is 1. The van der Waals surface area contributed by atoms with Crippen LogP contribution in [0.2, 0.25) is 0 Å². The fourth-order valence-corrected chi connectivity index (χ4v) is 4.49. The Bertz CT molecular complexity index is 1110. The summed E-state index contributed by atoms with van der Waals surface area (Å²) in [6.45, 7) is 10.1. The number of thiazole rings is 1. The van der Waals surface area contributed by atoms with E-state index in [1.807, 2.05) is 35.7 Å². The van der Waals surface area contributed by atoms with E-state index < -0.39 is 5.54 Å². The number of carbonyl (C=O) groups excluding carboxylic acids is 2. The fraction of sp³-hybridized carbons (Fsp3) is 0.364. The van der Waals surface area contributed by atoms with Crippen LogP contribution in [0.3, 0.4) is 0 Å². The van der Waals surface area contributed by atoms with Crippen molar-refractivity contribution in [3.63, 3.8) is 0 Å². The molecule has 3 heterocycles. The van der Waals surface area contributed by atoms with Crippen molar-refractivity contribution in [2.75, 3.05) is 4.90 Å². The zero-order chi connectivity index (χ0) is 21.0. The molecule has 0 radical (unpaired) electrons. The lowest BCUT2D eigenvalue weighted by Crippen LogP contribution is -2.43. The zero-order valence-electron chi connectivity index (χ0n) is 17.3. The Morgan fingerprint density at radius 2 is 1.83 bits per heavy atom. The molecule has 1 aliphatic heterocycles. The predicted molar refractivity (Wildman–Crippen MR) is 115 cm³/mol. The number of urea groups is 1. The van der Waals surface area contributed by atoms with Crippen molar-refractivity contribution in [3.05, 3.63) is 53.2 Å². The zero-order valence-corrected chi connectivity index (χ0v) is 18.1. The predicted octanol–water partition coefficient (Wildman–Crippen LogP) is 4.74. The second-order valence-corrected chi connectivity index (χ2v) is 9.66. The first-order chi connectivity index (χ1) is 13.6. The minimum atomic E-state index is -0.963. The molecular formula is C22H24N4O2S. The van der Waals surface area contributed by atoms with Gasteiger partial charge in [0.05, 0.1) is 11.2 Å².